The lowest BCUT2D eigenvalue weighted by Gasteiger charge is -2.17. The van der Waals surface area contributed by atoms with E-state index in [-0.39, 0.29) is 0 Å². The number of rotatable bonds is 6. The molecule has 1 rings (SSSR count). The number of carbonyl (C=O) groups is 2. The van der Waals surface area contributed by atoms with E-state index < -0.39 is 11.8 Å². The molecule has 6 nitrogen and oxygen atoms in total. The lowest BCUT2D eigenvalue weighted by molar-refractivity contribution is -0.136. The Labute approximate surface area is 123 Å². The normalized spacial score (nSPS) is 10.4. The second-order valence-electron chi connectivity index (χ2n) is 4.10. The van der Waals surface area contributed by atoms with Gasteiger partial charge in [-0.1, -0.05) is 25.4 Å². The summed E-state index contributed by atoms with van der Waals surface area (Å²) in [5.41, 5.74) is 0. The molecule has 0 unspecified atom stereocenters. The number of amides is 2. The average molecular weight is 299 g/mol. The topological polar surface area (TPSA) is 74.3 Å². The molecule has 0 aliphatic carbocycles. The third-order valence-electron chi connectivity index (χ3n) is 2.78. The Hall–Kier alpha value is -1.66. The Morgan fingerprint density at radius 1 is 1.25 bits per heavy atom. The maximum Gasteiger partial charge on any atom is 0.314 e. The zero-order valence-electron chi connectivity index (χ0n) is 11.6. The van der Waals surface area contributed by atoms with Gasteiger partial charge in [0.1, 0.15) is 5.82 Å². The van der Waals surface area contributed by atoms with Crippen LogP contribution in [0.5, 0.6) is 0 Å². The number of pyridine rings is 1. The monoisotopic (exact) mass is 298 g/mol. The summed E-state index contributed by atoms with van der Waals surface area (Å²) in [7, 11) is 0. The molecule has 0 aliphatic heterocycles. The van der Waals surface area contributed by atoms with Gasteiger partial charge >= 0.3 is 11.8 Å². The molecule has 7 heteroatoms. The van der Waals surface area contributed by atoms with Crippen molar-refractivity contribution in [3.63, 3.8) is 0 Å². The van der Waals surface area contributed by atoms with Gasteiger partial charge in [-0.05, 0) is 25.2 Å². The zero-order valence-corrected chi connectivity index (χ0v) is 12.4. The van der Waals surface area contributed by atoms with Crippen LogP contribution in [-0.4, -0.2) is 47.9 Å². The van der Waals surface area contributed by atoms with Gasteiger partial charge in [0.15, 0.2) is 0 Å². The van der Waals surface area contributed by atoms with Crippen molar-refractivity contribution < 1.29 is 9.59 Å². The minimum absolute atomic E-state index is 0.290. The molecular formula is C13H19ClN4O2. The van der Waals surface area contributed by atoms with Gasteiger partial charge in [-0.3, -0.25) is 9.59 Å². The molecule has 0 saturated heterocycles. The SMILES string of the molecule is CCN(CC)CCNC(=O)C(=O)Nc1ccc(Cl)cn1. The highest BCUT2D eigenvalue weighted by Gasteiger charge is 2.13. The van der Waals surface area contributed by atoms with E-state index in [1.807, 2.05) is 13.8 Å². The second kappa shape index (κ2) is 8.50. The van der Waals surface area contributed by atoms with Crippen LogP contribution in [0.1, 0.15) is 13.8 Å². The van der Waals surface area contributed by atoms with Gasteiger partial charge in [-0.2, -0.15) is 0 Å². The Bertz CT molecular complexity index is 446. The first-order chi connectivity index (χ1) is 9.56. The van der Waals surface area contributed by atoms with E-state index in [0.29, 0.717) is 23.9 Å². The zero-order chi connectivity index (χ0) is 15.0. The van der Waals surface area contributed by atoms with E-state index in [0.717, 1.165) is 13.1 Å². The van der Waals surface area contributed by atoms with E-state index in [1.165, 1.54) is 12.3 Å². The third-order valence-corrected chi connectivity index (χ3v) is 3.01. The van der Waals surface area contributed by atoms with Crippen LogP contribution >= 0.6 is 11.6 Å². The highest BCUT2D eigenvalue weighted by Crippen LogP contribution is 2.09. The number of halogens is 1. The van der Waals surface area contributed by atoms with Crippen molar-refractivity contribution >= 4 is 29.2 Å². The average Bonchev–Trinajstić information content (AvgIpc) is 2.45. The number of hydrogen-bond acceptors (Lipinski definition) is 4. The Balaban J connectivity index is 2.36. The van der Waals surface area contributed by atoms with Crippen LogP contribution in [0.2, 0.25) is 5.02 Å². The number of likely N-dealkylation sites (N-methyl/N-ethyl adjacent to an activating group) is 1. The molecule has 2 amide bonds. The van der Waals surface area contributed by atoms with Crippen molar-refractivity contribution in [2.75, 3.05) is 31.5 Å². The van der Waals surface area contributed by atoms with E-state index in [9.17, 15) is 9.59 Å². The van der Waals surface area contributed by atoms with Crippen LogP contribution in [-0.2, 0) is 9.59 Å². The number of nitrogens with zero attached hydrogens (tertiary/aromatic N) is 2. The molecule has 1 aromatic heterocycles. The summed E-state index contributed by atoms with van der Waals surface area (Å²) in [5.74, 6) is -1.12. The molecule has 0 atom stereocenters. The van der Waals surface area contributed by atoms with Crippen LogP contribution in [0.4, 0.5) is 5.82 Å². The van der Waals surface area contributed by atoms with Crippen molar-refractivity contribution in [1.82, 2.24) is 15.2 Å². The van der Waals surface area contributed by atoms with Gasteiger partial charge in [0.2, 0.25) is 0 Å². The van der Waals surface area contributed by atoms with Gasteiger partial charge < -0.3 is 15.5 Å². The van der Waals surface area contributed by atoms with Gasteiger partial charge in [-0.15, -0.1) is 0 Å². The van der Waals surface area contributed by atoms with Gasteiger partial charge in [-0.25, -0.2) is 4.98 Å². The fraction of sp³-hybridized carbons (Fsp3) is 0.462. The summed E-state index contributed by atoms with van der Waals surface area (Å²) in [6.07, 6.45) is 1.40. The molecule has 0 radical (unpaired) electrons. The van der Waals surface area contributed by atoms with Crippen molar-refractivity contribution in [2.45, 2.75) is 13.8 Å². The summed E-state index contributed by atoms with van der Waals surface area (Å²) >= 11 is 5.68. The molecule has 2 N–H and O–H groups in total. The molecule has 0 aromatic carbocycles. The predicted molar refractivity (Wildman–Crippen MR) is 78.7 cm³/mol. The molecule has 1 heterocycles. The fourth-order valence-corrected chi connectivity index (χ4v) is 1.68. The predicted octanol–water partition coefficient (Wildman–Crippen LogP) is 1.13. The maximum absolute atomic E-state index is 11.6. The molecule has 0 fully saturated rings. The van der Waals surface area contributed by atoms with Gasteiger partial charge in [0, 0.05) is 19.3 Å². The first-order valence-corrected chi connectivity index (χ1v) is 6.87. The molecule has 0 bridgehead atoms. The smallest absolute Gasteiger partial charge is 0.314 e. The van der Waals surface area contributed by atoms with Crippen LogP contribution in [0.25, 0.3) is 0 Å². The summed E-state index contributed by atoms with van der Waals surface area (Å²) in [4.78, 5) is 29.2. The molecule has 0 saturated carbocycles. The molecule has 0 aliphatic rings. The summed E-state index contributed by atoms with van der Waals surface area (Å²) in [6, 6.07) is 3.12. The Kier molecular flexibility index (Phi) is 6.97. The Morgan fingerprint density at radius 2 is 1.95 bits per heavy atom. The Morgan fingerprint density at radius 3 is 2.50 bits per heavy atom. The molecular weight excluding hydrogens is 280 g/mol. The van der Waals surface area contributed by atoms with Crippen LogP contribution < -0.4 is 10.6 Å². The second-order valence-corrected chi connectivity index (χ2v) is 4.54. The first-order valence-electron chi connectivity index (χ1n) is 6.49. The van der Waals surface area contributed by atoms with E-state index in [1.54, 1.807) is 6.07 Å². The molecule has 0 spiro atoms. The van der Waals surface area contributed by atoms with E-state index >= 15 is 0 Å². The van der Waals surface area contributed by atoms with Crippen LogP contribution in [0.3, 0.4) is 0 Å². The molecule has 110 valence electrons. The highest BCUT2D eigenvalue weighted by molar-refractivity contribution is 6.39. The van der Waals surface area contributed by atoms with Crippen molar-refractivity contribution in [2.24, 2.45) is 0 Å². The minimum atomic E-state index is -0.737. The molecule has 20 heavy (non-hydrogen) atoms. The number of carbonyl (C=O) groups excluding carboxylic acids is 2. The number of hydrogen-bond donors (Lipinski definition) is 2. The lowest BCUT2D eigenvalue weighted by atomic mass is 10.4. The van der Waals surface area contributed by atoms with Crippen LogP contribution in [0.15, 0.2) is 18.3 Å². The fourth-order valence-electron chi connectivity index (χ4n) is 1.57. The largest absolute Gasteiger partial charge is 0.347 e. The number of nitrogens with one attached hydrogen (secondary N) is 2. The summed E-state index contributed by atoms with van der Waals surface area (Å²) in [6.45, 7) is 7.06. The van der Waals surface area contributed by atoms with Crippen molar-refractivity contribution in [3.8, 4) is 0 Å². The summed E-state index contributed by atoms with van der Waals surface area (Å²) < 4.78 is 0. The maximum atomic E-state index is 11.6. The van der Waals surface area contributed by atoms with Crippen molar-refractivity contribution in [1.29, 1.82) is 0 Å². The van der Waals surface area contributed by atoms with Crippen LogP contribution in [0, 0.1) is 0 Å². The number of aromatic nitrogens is 1. The van der Waals surface area contributed by atoms with Crippen molar-refractivity contribution in [3.05, 3.63) is 23.4 Å². The minimum Gasteiger partial charge on any atom is -0.347 e. The third kappa shape index (κ3) is 5.54. The quantitative estimate of drug-likeness (QED) is 0.772. The highest BCUT2D eigenvalue weighted by atomic mass is 35.5. The summed E-state index contributed by atoms with van der Waals surface area (Å²) in [5, 5.41) is 5.43. The lowest BCUT2D eigenvalue weighted by Crippen LogP contribution is -2.40. The van der Waals surface area contributed by atoms with E-state index in [2.05, 4.69) is 20.5 Å². The van der Waals surface area contributed by atoms with Gasteiger partial charge in [0.25, 0.3) is 0 Å². The first kappa shape index (κ1) is 16.4. The molecule has 1 aromatic rings. The van der Waals surface area contributed by atoms with E-state index in [4.69, 9.17) is 11.6 Å². The standard InChI is InChI=1S/C13H19ClN4O2/c1-3-18(4-2)8-7-15-12(19)13(20)17-11-6-5-10(14)9-16-11/h5-6,9H,3-4,7-8H2,1-2H3,(H,15,19)(H,16,17,20). The number of anilines is 1. The van der Waals surface area contributed by atoms with Gasteiger partial charge in [0.05, 0.1) is 5.02 Å².